The van der Waals surface area contributed by atoms with Crippen molar-refractivity contribution < 1.29 is 14.7 Å². The molecule has 1 atom stereocenters. The van der Waals surface area contributed by atoms with Crippen LogP contribution in [0.3, 0.4) is 0 Å². The highest BCUT2D eigenvalue weighted by atomic mass is 16.3. The van der Waals surface area contributed by atoms with E-state index in [1.807, 2.05) is 27.7 Å². The number of amides is 1. The summed E-state index contributed by atoms with van der Waals surface area (Å²) >= 11 is 0. The van der Waals surface area contributed by atoms with Crippen LogP contribution in [-0.2, 0) is 10.4 Å². The highest BCUT2D eigenvalue weighted by Gasteiger charge is 2.48. The number of benzene rings is 2. The second-order valence-corrected chi connectivity index (χ2v) is 7.77. The zero-order chi connectivity index (χ0) is 20.0. The molecule has 0 spiro atoms. The summed E-state index contributed by atoms with van der Waals surface area (Å²) < 4.78 is 0. The molecule has 0 heterocycles. The molecule has 2 aromatic rings. The maximum absolute atomic E-state index is 13.5. The molecule has 4 nitrogen and oxygen atoms in total. The Morgan fingerprint density at radius 3 is 1.74 bits per heavy atom. The summed E-state index contributed by atoms with van der Waals surface area (Å²) in [7, 11) is 0. The Morgan fingerprint density at radius 2 is 1.30 bits per heavy atom. The number of hydrogen-bond donors (Lipinski definition) is 1. The third-order valence-electron chi connectivity index (χ3n) is 4.32. The van der Waals surface area contributed by atoms with Gasteiger partial charge in [-0.1, -0.05) is 88.4 Å². The molecule has 144 valence electrons. The monoisotopic (exact) mass is 367 g/mol. The van der Waals surface area contributed by atoms with E-state index < -0.39 is 17.3 Å². The van der Waals surface area contributed by atoms with Gasteiger partial charge in [0.1, 0.15) is 0 Å². The fourth-order valence-electron chi connectivity index (χ4n) is 3.18. The number of Topliss-reactive ketones (excluding diaryl/α,β-unsaturated/α-hetero) is 1. The van der Waals surface area contributed by atoms with E-state index >= 15 is 0 Å². The van der Waals surface area contributed by atoms with Gasteiger partial charge in [0.2, 0.25) is 11.4 Å². The van der Waals surface area contributed by atoms with Crippen LogP contribution in [0.1, 0.15) is 43.6 Å². The number of ketones is 1. The number of hydrogen-bond acceptors (Lipinski definition) is 3. The minimum absolute atomic E-state index is 0.222. The lowest BCUT2D eigenvalue weighted by Gasteiger charge is -2.34. The van der Waals surface area contributed by atoms with Gasteiger partial charge >= 0.3 is 0 Å². The Labute approximate surface area is 161 Å². The van der Waals surface area contributed by atoms with E-state index in [1.54, 1.807) is 65.6 Å². The zero-order valence-corrected chi connectivity index (χ0v) is 16.6. The van der Waals surface area contributed by atoms with E-state index in [2.05, 4.69) is 0 Å². The molecule has 1 amide bonds. The molecule has 0 aliphatic rings. The number of carbonyl (C=O) groups excluding carboxylic acids is 2. The van der Waals surface area contributed by atoms with Crippen molar-refractivity contribution >= 4 is 11.7 Å². The van der Waals surface area contributed by atoms with Crippen molar-refractivity contribution in [2.24, 2.45) is 11.8 Å². The Bertz CT molecular complexity index is 746. The van der Waals surface area contributed by atoms with Crippen LogP contribution in [0, 0.1) is 11.8 Å². The average Bonchev–Trinajstić information content (AvgIpc) is 2.66. The topological polar surface area (TPSA) is 57.6 Å². The van der Waals surface area contributed by atoms with Gasteiger partial charge < -0.3 is 10.0 Å². The number of rotatable bonds is 8. The van der Waals surface area contributed by atoms with Crippen molar-refractivity contribution in [2.45, 2.75) is 33.3 Å². The second-order valence-electron chi connectivity index (χ2n) is 7.77. The van der Waals surface area contributed by atoms with Crippen LogP contribution in [0.5, 0.6) is 0 Å². The fourth-order valence-corrected chi connectivity index (χ4v) is 3.18. The van der Waals surface area contributed by atoms with Crippen molar-refractivity contribution in [1.82, 2.24) is 4.90 Å². The summed E-state index contributed by atoms with van der Waals surface area (Å²) in [4.78, 5) is 28.4. The standard InChI is InChI=1S/C23H29NO3/c1-17(2)15-24(16-18(3)4)22(26)23(27,20-13-9-6-10-14-20)21(25)19-11-7-5-8-12-19/h5-14,17-18,27H,15-16H2,1-4H3. The summed E-state index contributed by atoms with van der Waals surface area (Å²) in [6.07, 6.45) is 0. The molecule has 0 fully saturated rings. The molecule has 1 N–H and O–H groups in total. The van der Waals surface area contributed by atoms with Gasteiger partial charge in [0.05, 0.1) is 0 Å². The van der Waals surface area contributed by atoms with Crippen LogP contribution >= 0.6 is 0 Å². The molecule has 0 saturated heterocycles. The molecule has 2 rings (SSSR count). The van der Waals surface area contributed by atoms with Crippen LogP contribution in [0.2, 0.25) is 0 Å². The minimum atomic E-state index is -2.24. The molecule has 0 radical (unpaired) electrons. The Morgan fingerprint density at radius 1 is 0.852 bits per heavy atom. The molecule has 0 saturated carbocycles. The molecule has 0 aliphatic heterocycles. The minimum Gasteiger partial charge on any atom is -0.369 e. The largest absolute Gasteiger partial charge is 0.369 e. The van der Waals surface area contributed by atoms with E-state index in [0.29, 0.717) is 24.2 Å². The van der Waals surface area contributed by atoms with Crippen molar-refractivity contribution in [3.63, 3.8) is 0 Å². The van der Waals surface area contributed by atoms with Gasteiger partial charge in [-0.05, 0) is 11.8 Å². The summed E-state index contributed by atoms with van der Waals surface area (Å²) in [5.74, 6) is -0.721. The molecule has 4 heteroatoms. The summed E-state index contributed by atoms with van der Waals surface area (Å²) in [6.45, 7) is 9.02. The van der Waals surface area contributed by atoms with Crippen LogP contribution < -0.4 is 0 Å². The zero-order valence-electron chi connectivity index (χ0n) is 16.6. The number of aliphatic hydroxyl groups is 1. The van der Waals surface area contributed by atoms with Crippen LogP contribution in [0.15, 0.2) is 60.7 Å². The summed E-state index contributed by atoms with van der Waals surface area (Å²) in [5, 5.41) is 11.5. The summed E-state index contributed by atoms with van der Waals surface area (Å²) in [6, 6.07) is 17.0. The first-order valence-electron chi connectivity index (χ1n) is 9.44. The molecule has 1 unspecified atom stereocenters. The van der Waals surface area contributed by atoms with Gasteiger partial charge in [-0.15, -0.1) is 0 Å². The molecular weight excluding hydrogens is 338 g/mol. The van der Waals surface area contributed by atoms with Gasteiger partial charge in [-0.3, -0.25) is 9.59 Å². The Hall–Kier alpha value is -2.46. The average molecular weight is 367 g/mol. The molecule has 0 aliphatic carbocycles. The molecule has 2 aromatic carbocycles. The molecule has 0 aromatic heterocycles. The van der Waals surface area contributed by atoms with Gasteiger partial charge in [0, 0.05) is 24.2 Å². The van der Waals surface area contributed by atoms with Crippen molar-refractivity contribution in [3.05, 3.63) is 71.8 Å². The highest BCUT2D eigenvalue weighted by molar-refractivity contribution is 6.17. The molecule has 27 heavy (non-hydrogen) atoms. The quantitative estimate of drug-likeness (QED) is 0.569. The lowest BCUT2D eigenvalue weighted by atomic mass is 9.84. The highest BCUT2D eigenvalue weighted by Crippen LogP contribution is 2.29. The fraction of sp³-hybridized carbons (Fsp3) is 0.391. The second kappa shape index (κ2) is 8.96. The Kier molecular flexibility index (Phi) is 6.92. The van der Waals surface area contributed by atoms with E-state index in [-0.39, 0.29) is 11.8 Å². The Balaban J connectivity index is 2.54. The first-order chi connectivity index (χ1) is 12.8. The van der Waals surface area contributed by atoms with Crippen LogP contribution in [0.4, 0.5) is 0 Å². The predicted molar refractivity (Wildman–Crippen MR) is 107 cm³/mol. The predicted octanol–water partition coefficient (Wildman–Crippen LogP) is 3.90. The summed E-state index contributed by atoms with van der Waals surface area (Å²) in [5.41, 5.74) is -1.64. The van der Waals surface area contributed by atoms with Gasteiger partial charge in [-0.2, -0.15) is 0 Å². The number of nitrogens with zero attached hydrogens (tertiary/aromatic N) is 1. The smallest absolute Gasteiger partial charge is 0.267 e. The van der Waals surface area contributed by atoms with Crippen molar-refractivity contribution in [2.75, 3.05) is 13.1 Å². The van der Waals surface area contributed by atoms with E-state index in [1.165, 1.54) is 0 Å². The van der Waals surface area contributed by atoms with Crippen molar-refractivity contribution in [3.8, 4) is 0 Å². The third kappa shape index (κ3) is 4.83. The SMILES string of the molecule is CC(C)CN(CC(C)C)C(=O)C(O)(C(=O)c1ccccc1)c1ccccc1. The maximum Gasteiger partial charge on any atom is 0.267 e. The number of carbonyl (C=O) groups is 2. The lowest BCUT2D eigenvalue weighted by molar-refractivity contribution is -0.148. The van der Waals surface area contributed by atoms with E-state index in [0.717, 1.165) is 0 Å². The lowest BCUT2D eigenvalue weighted by Crippen LogP contribution is -2.53. The van der Waals surface area contributed by atoms with E-state index in [9.17, 15) is 14.7 Å². The van der Waals surface area contributed by atoms with E-state index in [4.69, 9.17) is 0 Å². The van der Waals surface area contributed by atoms with Gasteiger partial charge in [0.15, 0.2) is 0 Å². The third-order valence-corrected chi connectivity index (χ3v) is 4.32. The molecule has 0 bridgehead atoms. The normalized spacial score (nSPS) is 13.4. The first kappa shape index (κ1) is 20.8. The maximum atomic E-state index is 13.5. The first-order valence-corrected chi connectivity index (χ1v) is 9.44. The van der Waals surface area contributed by atoms with Crippen LogP contribution in [0.25, 0.3) is 0 Å². The van der Waals surface area contributed by atoms with Crippen molar-refractivity contribution in [1.29, 1.82) is 0 Å². The van der Waals surface area contributed by atoms with Gasteiger partial charge in [-0.25, -0.2) is 0 Å². The van der Waals surface area contributed by atoms with Gasteiger partial charge in [0.25, 0.3) is 5.91 Å². The van der Waals surface area contributed by atoms with Crippen LogP contribution in [-0.4, -0.2) is 34.8 Å². The molecular formula is C23H29NO3.